The van der Waals surface area contributed by atoms with Crippen LogP contribution in [0.1, 0.15) is 59.3 Å². The molecule has 3 aromatic rings. The number of hydrogen-bond donors (Lipinski definition) is 2. The monoisotopic (exact) mass is 469 g/mol. The van der Waals surface area contributed by atoms with Gasteiger partial charge in [0.25, 0.3) is 11.5 Å². The van der Waals surface area contributed by atoms with E-state index in [2.05, 4.69) is 22.2 Å². The van der Waals surface area contributed by atoms with Crippen molar-refractivity contribution in [2.75, 3.05) is 13.2 Å². The van der Waals surface area contributed by atoms with Gasteiger partial charge >= 0.3 is 5.69 Å². The third-order valence-electron chi connectivity index (χ3n) is 5.61. The molecule has 1 aromatic carbocycles. The van der Waals surface area contributed by atoms with Crippen molar-refractivity contribution in [3.05, 3.63) is 45.1 Å². The van der Waals surface area contributed by atoms with Crippen molar-refractivity contribution in [1.82, 2.24) is 24.4 Å². The average molecular weight is 470 g/mol. The summed E-state index contributed by atoms with van der Waals surface area (Å²) in [4.78, 5) is 45.3. The lowest BCUT2D eigenvalue weighted by Crippen LogP contribution is -2.40. The fourth-order valence-corrected chi connectivity index (χ4v) is 3.84. The molecule has 0 saturated carbocycles. The van der Waals surface area contributed by atoms with E-state index in [0.717, 1.165) is 31.2 Å². The number of aryl methyl sites for hydroxylation is 1. The van der Waals surface area contributed by atoms with E-state index in [4.69, 9.17) is 4.74 Å². The zero-order valence-electron chi connectivity index (χ0n) is 20.4. The van der Waals surface area contributed by atoms with E-state index in [1.807, 2.05) is 26.0 Å². The van der Waals surface area contributed by atoms with Gasteiger partial charge in [-0.25, -0.2) is 9.78 Å². The maximum absolute atomic E-state index is 12.9. The van der Waals surface area contributed by atoms with Crippen molar-refractivity contribution in [3.63, 3.8) is 0 Å². The Morgan fingerprint density at radius 2 is 1.68 bits per heavy atom. The molecule has 0 radical (unpaired) electrons. The van der Waals surface area contributed by atoms with E-state index in [1.165, 1.54) is 11.0 Å². The second-order valence-corrected chi connectivity index (χ2v) is 8.40. The summed E-state index contributed by atoms with van der Waals surface area (Å²) >= 11 is 0. The molecule has 0 atom stereocenters. The van der Waals surface area contributed by atoms with E-state index in [9.17, 15) is 14.4 Å². The number of rotatable bonds is 13. The van der Waals surface area contributed by atoms with Crippen LogP contribution in [0.3, 0.4) is 0 Å². The number of nitrogens with zero attached hydrogens (tertiary/aromatic N) is 3. The Balaban J connectivity index is 1.73. The molecule has 2 aromatic heterocycles. The standard InChI is InChI=1S/C25H35N5O4/c1-4-7-8-9-14-26-20(31)17-34-19-12-10-18(11-13-19)22-27-21-23(28-22)29(15-5-2)25(33)30(16-6-3)24(21)32/h10-13H,4-9,14-17H2,1-3H3,(H,26,31)(H,27,28). The lowest BCUT2D eigenvalue weighted by Gasteiger charge is -2.09. The Labute approximate surface area is 199 Å². The molecule has 0 aliphatic carbocycles. The number of carbonyl (C=O) groups is 1. The Hall–Kier alpha value is -3.36. The zero-order chi connectivity index (χ0) is 24.5. The van der Waals surface area contributed by atoms with E-state index >= 15 is 0 Å². The molecular weight excluding hydrogens is 434 g/mol. The van der Waals surface area contributed by atoms with Crippen LogP contribution in [0.15, 0.2) is 33.9 Å². The average Bonchev–Trinajstić information content (AvgIpc) is 3.29. The predicted octanol–water partition coefficient (Wildman–Crippen LogP) is 3.45. The Bertz CT molecular complexity index is 1210. The number of carbonyl (C=O) groups excluding carboxylic acids is 1. The van der Waals surface area contributed by atoms with Gasteiger partial charge in [0.05, 0.1) is 0 Å². The number of H-pyrrole nitrogens is 1. The number of fused-ring (bicyclic) bond motifs is 1. The summed E-state index contributed by atoms with van der Waals surface area (Å²) in [6, 6.07) is 7.13. The molecule has 1 amide bonds. The first-order valence-electron chi connectivity index (χ1n) is 12.2. The lowest BCUT2D eigenvalue weighted by molar-refractivity contribution is -0.123. The van der Waals surface area contributed by atoms with Gasteiger partial charge in [-0.05, 0) is 43.5 Å². The number of imidazole rings is 1. The summed E-state index contributed by atoms with van der Waals surface area (Å²) in [5.74, 6) is 0.922. The van der Waals surface area contributed by atoms with Gasteiger partial charge in [-0.3, -0.25) is 18.7 Å². The minimum atomic E-state index is -0.353. The minimum absolute atomic E-state index is 0.0436. The van der Waals surface area contributed by atoms with Gasteiger partial charge in [0.15, 0.2) is 12.3 Å². The van der Waals surface area contributed by atoms with E-state index in [0.29, 0.717) is 48.8 Å². The molecule has 0 unspecified atom stereocenters. The topological polar surface area (TPSA) is 111 Å². The normalized spacial score (nSPS) is 11.1. The van der Waals surface area contributed by atoms with Crippen LogP contribution in [0.25, 0.3) is 22.6 Å². The van der Waals surface area contributed by atoms with E-state index in [-0.39, 0.29) is 23.8 Å². The van der Waals surface area contributed by atoms with Crippen molar-refractivity contribution in [3.8, 4) is 17.1 Å². The van der Waals surface area contributed by atoms with Crippen molar-refractivity contribution in [2.45, 2.75) is 72.4 Å². The van der Waals surface area contributed by atoms with Crippen molar-refractivity contribution in [1.29, 1.82) is 0 Å². The zero-order valence-corrected chi connectivity index (χ0v) is 20.4. The molecule has 2 heterocycles. The highest BCUT2D eigenvalue weighted by atomic mass is 16.5. The largest absolute Gasteiger partial charge is 0.484 e. The van der Waals surface area contributed by atoms with Gasteiger partial charge < -0.3 is 15.0 Å². The van der Waals surface area contributed by atoms with Crippen molar-refractivity contribution >= 4 is 17.1 Å². The summed E-state index contributed by atoms with van der Waals surface area (Å²) in [5, 5.41) is 2.86. The molecule has 0 bridgehead atoms. The number of amides is 1. The van der Waals surface area contributed by atoms with Gasteiger partial charge in [-0.1, -0.05) is 40.0 Å². The molecule has 2 N–H and O–H groups in total. The number of ether oxygens (including phenoxy) is 1. The smallest absolute Gasteiger partial charge is 0.332 e. The number of benzene rings is 1. The van der Waals surface area contributed by atoms with Gasteiger partial charge in [0.1, 0.15) is 17.1 Å². The molecule has 0 saturated heterocycles. The fraction of sp³-hybridized carbons (Fsp3) is 0.520. The van der Waals surface area contributed by atoms with Crippen LogP contribution >= 0.6 is 0 Å². The number of aromatic amines is 1. The third kappa shape index (κ3) is 5.95. The van der Waals surface area contributed by atoms with Crippen molar-refractivity contribution in [2.24, 2.45) is 0 Å². The highest BCUT2D eigenvalue weighted by molar-refractivity contribution is 5.77. The van der Waals surface area contributed by atoms with E-state index in [1.54, 1.807) is 16.7 Å². The van der Waals surface area contributed by atoms with Crippen LogP contribution in [-0.4, -0.2) is 38.2 Å². The number of hydrogen-bond acceptors (Lipinski definition) is 5. The van der Waals surface area contributed by atoms with Gasteiger partial charge in [-0.2, -0.15) is 0 Å². The number of unbranched alkanes of at least 4 members (excludes halogenated alkanes) is 3. The van der Waals surface area contributed by atoms with Crippen LogP contribution in [0.4, 0.5) is 0 Å². The molecule has 0 aliphatic heterocycles. The fourth-order valence-electron chi connectivity index (χ4n) is 3.84. The second-order valence-electron chi connectivity index (χ2n) is 8.40. The molecule has 34 heavy (non-hydrogen) atoms. The summed E-state index contributed by atoms with van der Waals surface area (Å²) in [5.41, 5.74) is 0.767. The molecule has 9 nitrogen and oxygen atoms in total. The third-order valence-corrected chi connectivity index (χ3v) is 5.61. The van der Waals surface area contributed by atoms with Crippen LogP contribution < -0.4 is 21.3 Å². The summed E-state index contributed by atoms with van der Waals surface area (Å²) < 4.78 is 8.41. The quantitative estimate of drug-likeness (QED) is 0.373. The summed E-state index contributed by atoms with van der Waals surface area (Å²) in [7, 11) is 0. The molecule has 0 aliphatic rings. The van der Waals surface area contributed by atoms with Crippen molar-refractivity contribution < 1.29 is 9.53 Å². The Morgan fingerprint density at radius 1 is 0.971 bits per heavy atom. The van der Waals surface area contributed by atoms with Gasteiger partial charge in [0, 0.05) is 25.2 Å². The Kier molecular flexibility index (Phi) is 9.07. The molecule has 9 heteroatoms. The van der Waals surface area contributed by atoms with Crippen LogP contribution in [0, 0.1) is 0 Å². The molecule has 0 spiro atoms. The molecule has 184 valence electrons. The predicted molar refractivity (Wildman–Crippen MR) is 133 cm³/mol. The first-order valence-corrected chi connectivity index (χ1v) is 12.2. The first-order chi connectivity index (χ1) is 16.5. The second kappa shape index (κ2) is 12.2. The lowest BCUT2D eigenvalue weighted by atomic mass is 10.2. The highest BCUT2D eigenvalue weighted by Gasteiger charge is 2.17. The highest BCUT2D eigenvalue weighted by Crippen LogP contribution is 2.21. The number of nitrogens with one attached hydrogen (secondary N) is 2. The van der Waals surface area contributed by atoms with Gasteiger partial charge in [-0.15, -0.1) is 0 Å². The SMILES string of the molecule is CCCCCCNC(=O)COc1ccc(-c2nc3c([nH]2)c(=O)n(CCC)c(=O)n3CCC)cc1. The van der Waals surface area contributed by atoms with Gasteiger partial charge in [0.2, 0.25) is 0 Å². The maximum Gasteiger partial charge on any atom is 0.332 e. The molecular formula is C25H35N5O4. The molecule has 0 fully saturated rings. The first kappa shape index (κ1) is 25.3. The Morgan fingerprint density at radius 3 is 2.35 bits per heavy atom. The maximum atomic E-state index is 12.9. The van der Waals surface area contributed by atoms with Crippen LogP contribution in [-0.2, 0) is 17.9 Å². The minimum Gasteiger partial charge on any atom is -0.484 e. The number of aromatic nitrogens is 4. The molecule has 3 rings (SSSR count). The van der Waals surface area contributed by atoms with Crippen LogP contribution in [0.2, 0.25) is 0 Å². The van der Waals surface area contributed by atoms with Crippen LogP contribution in [0.5, 0.6) is 5.75 Å². The van der Waals surface area contributed by atoms with E-state index < -0.39 is 0 Å². The summed E-state index contributed by atoms with van der Waals surface area (Å²) in [6.07, 6.45) is 5.86. The summed E-state index contributed by atoms with van der Waals surface area (Å²) in [6.45, 7) is 7.53.